The molecular weight excluding hydrogens is 287 g/mol. The van der Waals surface area contributed by atoms with E-state index in [9.17, 15) is 4.39 Å². The Morgan fingerprint density at radius 3 is 2.04 bits per heavy atom. The van der Waals surface area contributed by atoms with Crippen LogP contribution in [0, 0.1) is 5.82 Å². The predicted octanol–water partition coefficient (Wildman–Crippen LogP) is 5.42. The van der Waals surface area contributed by atoms with Gasteiger partial charge in [-0.2, -0.15) is 0 Å². The van der Waals surface area contributed by atoms with Gasteiger partial charge in [0, 0.05) is 5.56 Å². The summed E-state index contributed by atoms with van der Waals surface area (Å²) in [6.45, 7) is 0. The third-order valence-electron chi connectivity index (χ3n) is 3.69. The fourth-order valence-electron chi connectivity index (χ4n) is 2.47. The first kappa shape index (κ1) is 15.0. The molecule has 0 radical (unpaired) electrons. The van der Waals surface area contributed by atoms with Crippen molar-refractivity contribution in [1.82, 2.24) is 0 Å². The summed E-state index contributed by atoms with van der Waals surface area (Å²) in [7, 11) is 1.64. The van der Waals surface area contributed by atoms with Crippen molar-refractivity contribution >= 4 is 11.6 Å². The Morgan fingerprint density at radius 2 is 1.39 bits per heavy atom. The molecule has 23 heavy (non-hydrogen) atoms. The highest BCUT2D eigenvalue weighted by atomic mass is 19.1. The monoisotopic (exact) mass is 304 g/mol. The largest absolute Gasteiger partial charge is 0.497 e. The molecule has 0 saturated carbocycles. The van der Waals surface area contributed by atoms with Crippen molar-refractivity contribution in [2.75, 3.05) is 7.11 Å². The molecule has 0 aliphatic heterocycles. The number of ether oxygens (including phenoxy) is 1. The third kappa shape index (κ3) is 3.49. The second-order valence-electron chi connectivity index (χ2n) is 5.17. The van der Waals surface area contributed by atoms with E-state index in [0.29, 0.717) is 5.56 Å². The lowest BCUT2D eigenvalue weighted by atomic mass is 9.95. The van der Waals surface area contributed by atoms with Gasteiger partial charge in [0.25, 0.3) is 0 Å². The van der Waals surface area contributed by atoms with Crippen LogP contribution in [0.15, 0.2) is 78.9 Å². The molecule has 0 aliphatic rings. The minimum atomic E-state index is -0.227. The first-order valence-corrected chi connectivity index (χ1v) is 7.44. The molecule has 3 aromatic rings. The van der Waals surface area contributed by atoms with Gasteiger partial charge in [-0.15, -0.1) is 0 Å². The summed E-state index contributed by atoms with van der Waals surface area (Å²) < 4.78 is 19.2. The Labute approximate surface area is 135 Å². The minimum absolute atomic E-state index is 0.227. The fraction of sp³-hybridized carbons (Fsp3) is 0.0476. The Morgan fingerprint density at radius 1 is 0.783 bits per heavy atom. The Bertz CT molecular complexity index is 805. The average molecular weight is 304 g/mol. The van der Waals surface area contributed by atoms with E-state index in [1.54, 1.807) is 19.2 Å². The van der Waals surface area contributed by atoms with E-state index in [0.717, 1.165) is 22.4 Å². The van der Waals surface area contributed by atoms with Gasteiger partial charge in [0.15, 0.2) is 0 Å². The zero-order chi connectivity index (χ0) is 16.1. The molecular formula is C21H17FO. The maximum absolute atomic E-state index is 14.0. The maximum atomic E-state index is 14.0. The van der Waals surface area contributed by atoms with E-state index < -0.39 is 0 Å². The molecule has 0 bridgehead atoms. The van der Waals surface area contributed by atoms with Gasteiger partial charge in [0.2, 0.25) is 0 Å². The summed E-state index contributed by atoms with van der Waals surface area (Å²) in [4.78, 5) is 0. The minimum Gasteiger partial charge on any atom is -0.497 e. The first-order chi connectivity index (χ1) is 11.3. The number of rotatable bonds is 4. The number of halogens is 1. The molecule has 0 heterocycles. The Balaban J connectivity index is 2.12. The molecule has 0 saturated heterocycles. The van der Waals surface area contributed by atoms with E-state index in [2.05, 4.69) is 0 Å². The topological polar surface area (TPSA) is 9.23 Å². The van der Waals surface area contributed by atoms with Crippen LogP contribution in [-0.4, -0.2) is 7.11 Å². The highest BCUT2D eigenvalue weighted by Gasteiger charge is 2.07. The lowest BCUT2D eigenvalue weighted by Gasteiger charge is -2.10. The van der Waals surface area contributed by atoms with E-state index in [1.165, 1.54) is 6.07 Å². The maximum Gasteiger partial charge on any atom is 0.130 e. The van der Waals surface area contributed by atoms with Gasteiger partial charge in [-0.1, -0.05) is 60.7 Å². The lowest BCUT2D eigenvalue weighted by Crippen LogP contribution is -1.90. The molecule has 0 unspecified atom stereocenters. The normalized spacial score (nSPS) is 11.3. The SMILES string of the molecule is COc1ccc(/C(=C/c2ccccc2F)c2ccccc2)cc1. The molecule has 0 amide bonds. The summed E-state index contributed by atoms with van der Waals surface area (Å²) in [5, 5.41) is 0. The number of hydrogen-bond donors (Lipinski definition) is 0. The van der Waals surface area contributed by atoms with Gasteiger partial charge >= 0.3 is 0 Å². The van der Waals surface area contributed by atoms with E-state index in [-0.39, 0.29) is 5.82 Å². The van der Waals surface area contributed by atoms with E-state index in [1.807, 2.05) is 66.7 Å². The van der Waals surface area contributed by atoms with Gasteiger partial charge in [-0.25, -0.2) is 4.39 Å². The van der Waals surface area contributed by atoms with Crippen LogP contribution in [-0.2, 0) is 0 Å². The second kappa shape index (κ2) is 6.93. The van der Waals surface area contributed by atoms with Gasteiger partial charge < -0.3 is 4.74 Å². The van der Waals surface area contributed by atoms with Crippen LogP contribution < -0.4 is 4.74 Å². The van der Waals surface area contributed by atoms with Crippen LogP contribution in [0.25, 0.3) is 11.6 Å². The van der Waals surface area contributed by atoms with Crippen LogP contribution in [0.4, 0.5) is 4.39 Å². The summed E-state index contributed by atoms with van der Waals surface area (Å²) in [5.41, 5.74) is 3.60. The molecule has 3 rings (SSSR count). The lowest BCUT2D eigenvalue weighted by molar-refractivity contribution is 0.415. The Kier molecular flexibility index (Phi) is 4.53. The molecule has 0 aliphatic carbocycles. The summed E-state index contributed by atoms with van der Waals surface area (Å²) >= 11 is 0. The average Bonchev–Trinajstić information content (AvgIpc) is 2.62. The van der Waals surface area contributed by atoms with Crippen molar-refractivity contribution in [3.05, 3.63) is 101 Å². The Hall–Kier alpha value is -2.87. The number of benzene rings is 3. The molecule has 2 heteroatoms. The highest BCUT2D eigenvalue weighted by molar-refractivity contribution is 5.91. The first-order valence-electron chi connectivity index (χ1n) is 7.44. The van der Waals surface area contributed by atoms with Crippen molar-refractivity contribution in [2.45, 2.75) is 0 Å². The molecule has 0 atom stereocenters. The van der Waals surface area contributed by atoms with Crippen molar-refractivity contribution in [3.8, 4) is 5.75 Å². The quantitative estimate of drug-likeness (QED) is 0.584. The van der Waals surface area contributed by atoms with Gasteiger partial charge in [-0.3, -0.25) is 0 Å². The molecule has 0 spiro atoms. The van der Waals surface area contributed by atoms with Crippen molar-refractivity contribution in [3.63, 3.8) is 0 Å². The van der Waals surface area contributed by atoms with Crippen LogP contribution in [0.3, 0.4) is 0 Å². The summed E-state index contributed by atoms with van der Waals surface area (Å²) in [5.74, 6) is 0.571. The van der Waals surface area contributed by atoms with Crippen molar-refractivity contribution in [1.29, 1.82) is 0 Å². The summed E-state index contributed by atoms with van der Waals surface area (Å²) in [6.07, 6.45) is 1.88. The standard InChI is InChI=1S/C21H17FO/c1-23-19-13-11-17(12-14-19)20(16-7-3-2-4-8-16)15-18-9-5-6-10-21(18)22/h2-15H,1H3/b20-15+. The zero-order valence-corrected chi connectivity index (χ0v) is 12.9. The number of hydrogen-bond acceptors (Lipinski definition) is 1. The highest BCUT2D eigenvalue weighted by Crippen LogP contribution is 2.28. The molecule has 0 fully saturated rings. The van der Waals surface area contributed by atoms with Crippen LogP contribution in [0.2, 0.25) is 0 Å². The smallest absolute Gasteiger partial charge is 0.130 e. The van der Waals surface area contributed by atoms with E-state index >= 15 is 0 Å². The van der Waals surface area contributed by atoms with Crippen LogP contribution >= 0.6 is 0 Å². The molecule has 0 aromatic heterocycles. The molecule has 0 N–H and O–H groups in total. The molecule has 114 valence electrons. The summed E-state index contributed by atoms with van der Waals surface area (Å²) in [6, 6.07) is 24.6. The van der Waals surface area contributed by atoms with Crippen LogP contribution in [0.5, 0.6) is 5.75 Å². The van der Waals surface area contributed by atoms with Crippen molar-refractivity contribution in [2.24, 2.45) is 0 Å². The second-order valence-corrected chi connectivity index (χ2v) is 5.17. The zero-order valence-electron chi connectivity index (χ0n) is 12.9. The van der Waals surface area contributed by atoms with Crippen LogP contribution in [0.1, 0.15) is 16.7 Å². The van der Waals surface area contributed by atoms with Gasteiger partial charge in [0.05, 0.1) is 7.11 Å². The molecule has 3 aromatic carbocycles. The fourth-order valence-corrected chi connectivity index (χ4v) is 2.47. The molecule has 1 nitrogen and oxygen atoms in total. The van der Waals surface area contributed by atoms with Gasteiger partial charge in [0.1, 0.15) is 11.6 Å². The predicted molar refractivity (Wildman–Crippen MR) is 92.8 cm³/mol. The number of methoxy groups -OCH3 is 1. The third-order valence-corrected chi connectivity index (χ3v) is 3.69. The van der Waals surface area contributed by atoms with E-state index in [4.69, 9.17) is 4.74 Å². The van der Waals surface area contributed by atoms with Gasteiger partial charge in [-0.05, 0) is 41.0 Å². The van der Waals surface area contributed by atoms with Crippen molar-refractivity contribution < 1.29 is 9.13 Å².